The zero-order chi connectivity index (χ0) is 13.9. The summed E-state index contributed by atoms with van der Waals surface area (Å²) in [7, 11) is 0. The fourth-order valence-electron chi connectivity index (χ4n) is 4.56. The van der Waals surface area contributed by atoms with Crippen molar-refractivity contribution in [3.05, 3.63) is 0 Å². The quantitative estimate of drug-likeness (QED) is 0.699. The number of aliphatic hydroxyl groups is 1. The van der Waals surface area contributed by atoms with Gasteiger partial charge in [-0.25, -0.2) is 0 Å². The highest BCUT2D eigenvalue weighted by molar-refractivity contribution is 4.92. The Morgan fingerprint density at radius 2 is 1.68 bits per heavy atom. The smallest absolute Gasteiger partial charge is 0.0675 e. The van der Waals surface area contributed by atoms with Gasteiger partial charge in [-0.05, 0) is 55.8 Å². The Hall–Kier alpha value is -0.0400. The lowest BCUT2D eigenvalue weighted by Gasteiger charge is -2.40. The molecule has 0 aromatic heterocycles. The van der Waals surface area contributed by atoms with Gasteiger partial charge >= 0.3 is 0 Å². The zero-order valence-electron chi connectivity index (χ0n) is 13.3. The van der Waals surface area contributed by atoms with Gasteiger partial charge < -0.3 is 5.11 Å². The highest BCUT2D eigenvalue weighted by atomic mass is 16.3. The molecule has 0 aromatic rings. The van der Waals surface area contributed by atoms with Crippen LogP contribution in [0.25, 0.3) is 0 Å². The van der Waals surface area contributed by atoms with Crippen LogP contribution in [0.4, 0.5) is 0 Å². The lowest BCUT2D eigenvalue weighted by atomic mass is 9.70. The van der Waals surface area contributed by atoms with Crippen LogP contribution in [0, 0.1) is 23.7 Å². The second-order valence-electron chi connectivity index (χ2n) is 7.66. The fraction of sp³-hybridized carbons (Fsp3) is 1.00. The molecule has 2 saturated carbocycles. The van der Waals surface area contributed by atoms with E-state index >= 15 is 0 Å². The highest BCUT2D eigenvalue weighted by Gasteiger charge is 2.40. The van der Waals surface area contributed by atoms with Crippen molar-refractivity contribution >= 4 is 0 Å². The van der Waals surface area contributed by atoms with Gasteiger partial charge in [0, 0.05) is 0 Å². The van der Waals surface area contributed by atoms with Crippen molar-refractivity contribution in [2.45, 2.75) is 90.6 Å². The fourth-order valence-corrected chi connectivity index (χ4v) is 4.56. The van der Waals surface area contributed by atoms with Gasteiger partial charge in [0.05, 0.1) is 5.60 Å². The summed E-state index contributed by atoms with van der Waals surface area (Å²) >= 11 is 0. The molecule has 0 spiro atoms. The first-order chi connectivity index (χ1) is 9.05. The van der Waals surface area contributed by atoms with Crippen LogP contribution < -0.4 is 0 Å². The summed E-state index contributed by atoms with van der Waals surface area (Å²) in [6.07, 6.45) is 12.6. The van der Waals surface area contributed by atoms with Crippen LogP contribution in [-0.4, -0.2) is 10.7 Å². The minimum absolute atomic E-state index is 0.317. The van der Waals surface area contributed by atoms with Crippen molar-refractivity contribution in [3.63, 3.8) is 0 Å². The van der Waals surface area contributed by atoms with Crippen molar-refractivity contribution in [2.75, 3.05) is 0 Å². The second kappa shape index (κ2) is 6.61. The summed E-state index contributed by atoms with van der Waals surface area (Å²) < 4.78 is 0. The molecule has 19 heavy (non-hydrogen) atoms. The van der Waals surface area contributed by atoms with Crippen LogP contribution in [0.2, 0.25) is 0 Å². The van der Waals surface area contributed by atoms with Gasteiger partial charge in [-0.2, -0.15) is 0 Å². The molecular formula is C18H34O. The van der Waals surface area contributed by atoms with E-state index in [9.17, 15) is 5.11 Å². The maximum atomic E-state index is 11.1. The molecule has 2 unspecified atom stereocenters. The van der Waals surface area contributed by atoms with Crippen molar-refractivity contribution in [1.29, 1.82) is 0 Å². The van der Waals surface area contributed by atoms with E-state index in [0.717, 1.165) is 30.6 Å². The second-order valence-corrected chi connectivity index (χ2v) is 7.66. The Morgan fingerprint density at radius 3 is 2.26 bits per heavy atom. The lowest BCUT2D eigenvalue weighted by molar-refractivity contribution is -0.0512. The summed E-state index contributed by atoms with van der Waals surface area (Å²) in [5, 5.41) is 11.1. The van der Waals surface area contributed by atoms with E-state index in [0.29, 0.717) is 5.92 Å². The van der Waals surface area contributed by atoms with Gasteiger partial charge in [0.25, 0.3) is 0 Å². The Bertz CT molecular complexity index is 265. The summed E-state index contributed by atoms with van der Waals surface area (Å²) in [6.45, 7) is 7.02. The number of rotatable bonds is 3. The summed E-state index contributed by atoms with van der Waals surface area (Å²) in [4.78, 5) is 0. The summed E-state index contributed by atoms with van der Waals surface area (Å²) in [5.41, 5.74) is -0.317. The third kappa shape index (κ3) is 3.74. The molecule has 1 heteroatoms. The van der Waals surface area contributed by atoms with Crippen molar-refractivity contribution in [2.24, 2.45) is 23.7 Å². The van der Waals surface area contributed by atoms with Crippen molar-refractivity contribution in [3.8, 4) is 0 Å². The predicted molar refractivity (Wildman–Crippen MR) is 82.1 cm³/mol. The molecule has 0 aromatic carbocycles. The predicted octanol–water partition coefficient (Wildman–Crippen LogP) is 5.17. The monoisotopic (exact) mass is 266 g/mol. The number of hydrogen-bond donors (Lipinski definition) is 1. The van der Waals surface area contributed by atoms with Gasteiger partial charge in [0.1, 0.15) is 0 Å². The largest absolute Gasteiger partial charge is 0.390 e. The average Bonchev–Trinajstić information content (AvgIpc) is 2.62. The molecule has 112 valence electrons. The van der Waals surface area contributed by atoms with Crippen molar-refractivity contribution < 1.29 is 5.11 Å². The first-order valence-corrected chi connectivity index (χ1v) is 8.77. The van der Waals surface area contributed by atoms with Gasteiger partial charge in [-0.1, -0.05) is 52.9 Å². The van der Waals surface area contributed by atoms with Gasteiger partial charge in [-0.3, -0.25) is 0 Å². The van der Waals surface area contributed by atoms with E-state index in [-0.39, 0.29) is 5.60 Å². The van der Waals surface area contributed by atoms with Crippen LogP contribution in [0.5, 0.6) is 0 Å². The van der Waals surface area contributed by atoms with E-state index in [1.807, 2.05) is 0 Å². The maximum Gasteiger partial charge on any atom is 0.0675 e. The molecule has 2 aliphatic carbocycles. The standard InChI is InChI=1S/C18H34O/c1-4-15-7-9-17(10-8-15)18(19)12-5-6-16(11-13-18)14(2)3/h14-17,19H,4-13H2,1-3H3. The Balaban J connectivity index is 1.91. The average molecular weight is 266 g/mol. The van der Waals surface area contributed by atoms with Crippen LogP contribution in [0.3, 0.4) is 0 Å². The molecule has 2 rings (SSSR count). The molecule has 0 amide bonds. The first-order valence-electron chi connectivity index (χ1n) is 8.77. The summed E-state index contributed by atoms with van der Waals surface area (Å²) in [6, 6.07) is 0. The maximum absolute atomic E-state index is 11.1. The molecule has 0 saturated heterocycles. The Kier molecular flexibility index (Phi) is 5.34. The van der Waals surface area contributed by atoms with E-state index in [1.54, 1.807) is 0 Å². The third-order valence-electron chi connectivity index (χ3n) is 6.26. The zero-order valence-corrected chi connectivity index (χ0v) is 13.3. The first kappa shape index (κ1) is 15.4. The molecule has 0 aliphatic heterocycles. The minimum atomic E-state index is -0.317. The molecule has 0 heterocycles. The Morgan fingerprint density at radius 1 is 1.00 bits per heavy atom. The normalized spacial score (nSPS) is 41.2. The molecule has 2 aliphatic rings. The third-order valence-corrected chi connectivity index (χ3v) is 6.26. The molecule has 1 nitrogen and oxygen atoms in total. The lowest BCUT2D eigenvalue weighted by Crippen LogP contribution is -2.39. The topological polar surface area (TPSA) is 20.2 Å². The van der Waals surface area contributed by atoms with Gasteiger partial charge in [0.2, 0.25) is 0 Å². The van der Waals surface area contributed by atoms with Crippen molar-refractivity contribution in [1.82, 2.24) is 0 Å². The van der Waals surface area contributed by atoms with E-state index in [1.165, 1.54) is 51.4 Å². The molecule has 0 radical (unpaired) electrons. The van der Waals surface area contributed by atoms with Crippen LogP contribution >= 0.6 is 0 Å². The van der Waals surface area contributed by atoms with Crippen LogP contribution in [-0.2, 0) is 0 Å². The van der Waals surface area contributed by atoms with E-state index in [4.69, 9.17) is 0 Å². The molecule has 1 N–H and O–H groups in total. The van der Waals surface area contributed by atoms with Gasteiger partial charge in [0.15, 0.2) is 0 Å². The molecule has 0 bridgehead atoms. The van der Waals surface area contributed by atoms with E-state index < -0.39 is 0 Å². The highest BCUT2D eigenvalue weighted by Crippen LogP contribution is 2.44. The minimum Gasteiger partial charge on any atom is -0.390 e. The van der Waals surface area contributed by atoms with Gasteiger partial charge in [-0.15, -0.1) is 0 Å². The van der Waals surface area contributed by atoms with Crippen LogP contribution in [0.1, 0.15) is 85.0 Å². The van der Waals surface area contributed by atoms with E-state index in [2.05, 4.69) is 20.8 Å². The number of hydrogen-bond acceptors (Lipinski definition) is 1. The molecule has 2 fully saturated rings. The SMILES string of the molecule is CCC1CCC(C2(O)CCCC(C(C)C)CC2)CC1. The molecule has 2 atom stereocenters. The Labute approximate surface area is 120 Å². The summed E-state index contributed by atoms with van der Waals surface area (Å²) in [5.74, 6) is 3.18. The van der Waals surface area contributed by atoms with Crippen LogP contribution in [0.15, 0.2) is 0 Å². The molecular weight excluding hydrogens is 232 g/mol.